The Hall–Kier alpha value is -2.59. The second-order valence-electron chi connectivity index (χ2n) is 6.94. The summed E-state index contributed by atoms with van der Waals surface area (Å²) in [7, 11) is 0. The van der Waals surface area contributed by atoms with Gasteiger partial charge in [0.15, 0.2) is 0 Å². The lowest BCUT2D eigenvalue weighted by Gasteiger charge is -2.47. The van der Waals surface area contributed by atoms with Crippen molar-refractivity contribution in [2.45, 2.75) is 19.0 Å². The molecule has 0 aliphatic carbocycles. The predicted octanol–water partition coefficient (Wildman–Crippen LogP) is 5.43. The van der Waals surface area contributed by atoms with Gasteiger partial charge >= 0.3 is 0 Å². The molecular formula is C23H21BrN2O. The molecule has 1 amide bonds. The highest BCUT2D eigenvalue weighted by atomic mass is 79.9. The fraction of sp³-hybridized carbons (Fsp3) is 0.174. The number of para-hydroxylation sites is 1. The van der Waals surface area contributed by atoms with Crippen LogP contribution in [0.5, 0.6) is 0 Å². The summed E-state index contributed by atoms with van der Waals surface area (Å²) in [6.45, 7) is 2.71. The zero-order chi connectivity index (χ0) is 18.9. The lowest BCUT2D eigenvalue weighted by molar-refractivity contribution is 0.0539. The van der Waals surface area contributed by atoms with Crippen molar-refractivity contribution >= 4 is 27.5 Å². The zero-order valence-electron chi connectivity index (χ0n) is 15.2. The van der Waals surface area contributed by atoms with Gasteiger partial charge in [-0.05, 0) is 48.7 Å². The summed E-state index contributed by atoms with van der Waals surface area (Å²) in [5, 5.41) is 3.62. The van der Waals surface area contributed by atoms with Crippen molar-refractivity contribution in [2.24, 2.45) is 0 Å². The highest BCUT2D eigenvalue weighted by molar-refractivity contribution is 9.10. The Bertz CT molecular complexity index is 956. The van der Waals surface area contributed by atoms with Crippen LogP contribution < -0.4 is 5.32 Å². The minimum Gasteiger partial charge on any atom is -0.358 e. The van der Waals surface area contributed by atoms with Crippen LogP contribution in [0.4, 0.5) is 5.69 Å². The molecule has 0 radical (unpaired) electrons. The number of hydrogen-bond donors (Lipinski definition) is 1. The van der Waals surface area contributed by atoms with E-state index in [1.165, 1.54) is 5.56 Å². The first-order valence-corrected chi connectivity index (χ1v) is 9.86. The summed E-state index contributed by atoms with van der Waals surface area (Å²) in [5.74, 6) is 0.0608. The minimum atomic E-state index is -0.610. The van der Waals surface area contributed by atoms with E-state index in [0.717, 1.165) is 27.7 Å². The first-order chi connectivity index (χ1) is 13.1. The molecule has 0 bridgehead atoms. The van der Waals surface area contributed by atoms with Gasteiger partial charge in [0.1, 0.15) is 5.66 Å². The number of carbonyl (C=O) groups excluding carboxylic acids is 1. The van der Waals surface area contributed by atoms with Gasteiger partial charge < -0.3 is 10.2 Å². The van der Waals surface area contributed by atoms with E-state index in [2.05, 4.69) is 52.4 Å². The molecule has 0 saturated carbocycles. The van der Waals surface area contributed by atoms with Gasteiger partial charge in [0.25, 0.3) is 5.91 Å². The summed E-state index contributed by atoms with van der Waals surface area (Å²) in [6, 6.07) is 26.2. The smallest absolute Gasteiger partial charge is 0.258 e. The van der Waals surface area contributed by atoms with Gasteiger partial charge in [0.05, 0.1) is 5.56 Å². The van der Waals surface area contributed by atoms with Crippen molar-refractivity contribution in [2.75, 3.05) is 11.9 Å². The van der Waals surface area contributed by atoms with E-state index in [0.29, 0.717) is 6.54 Å². The molecule has 1 heterocycles. The Morgan fingerprint density at radius 2 is 1.59 bits per heavy atom. The quantitative estimate of drug-likeness (QED) is 0.609. The number of carbonyl (C=O) groups is 1. The number of anilines is 1. The number of halogens is 1. The molecule has 1 N–H and O–H groups in total. The molecule has 0 aromatic heterocycles. The molecule has 0 fully saturated rings. The van der Waals surface area contributed by atoms with Gasteiger partial charge in [-0.1, -0.05) is 70.5 Å². The van der Waals surface area contributed by atoms with Crippen LogP contribution in [0.25, 0.3) is 0 Å². The number of hydrogen-bond acceptors (Lipinski definition) is 2. The zero-order valence-corrected chi connectivity index (χ0v) is 16.7. The Labute approximate surface area is 168 Å². The van der Waals surface area contributed by atoms with Crippen LogP contribution in [0.3, 0.4) is 0 Å². The van der Waals surface area contributed by atoms with Crippen LogP contribution in [0.1, 0.15) is 28.4 Å². The highest BCUT2D eigenvalue weighted by Crippen LogP contribution is 2.38. The second kappa shape index (κ2) is 7.20. The van der Waals surface area contributed by atoms with Crippen LogP contribution >= 0.6 is 15.9 Å². The SMILES string of the molecule is CC1(c2ccc(Br)cc2)Nc2ccccc2C(=O)N1CCc1ccccc1. The van der Waals surface area contributed by atoms with Gasteiger partial charge in [-0.15, -0.1) is 0 Å². The molecule has 27 heavy (non-hydrogen) atoms. The van der Waals surface area contributed by atoms with Crippen molar-refractivity contribution in [1.29, 1.82) is 0 Å². The summed E-state index contributed by atoms with van der Waals surface area (Å²) in [4.78, 5) is 15.3. The Balaban J connectivity index is 1.73. The van der Waals surface area contributed by atoms with Crippen molar-refractivity contribution in [3.63, 3.8) is 0 Å². The molecule has 3 aromatic rings. The fourth-order valence-electron chi connectivity index (χ4n) is 3.67. The van der Waals surface area contributed by atoms with Crippen LogP contribution in [-0.2, 0) is 12.1 Å². The molecule has 4 rings (SSSR count). The second-order valence-corrected chi connectivity index (χ2v) is 7.86. The maximum absolute atomic E-state index is 13.4. The summed E-state index contributed by atoms with van der Waals surface area (Å²) in [6.07, 6.45) is 0.808. The van der Waals surface area contributed by atoms with Crippen LogP contribution in [-0.4, -0.2) is 17.4 Å². The molecule has 1 atom stereocenters. The van der Waals surface area contributed by atoms with E-state index >= 15 is 0 Å². The Morgan fingerprint density at radius 3 is 2.33 bits per heavy atom. The minimum absolute atomic E-state index is 0.0608. The molecule has 1 aliphatic heterocycles. The van der Waals surface area contributed by atoms with Crippen molar-refractivity contribution in [3.05, 3.63) is 100 Å². The van der Waals surface area contributed by atoms with Crippen LogP contribution in [0.2, 0.25) is 0 Å². The third-order valence-electron chi connectivity index (χ3n) is 5.19. The van der Waals surface area contributed by atoms with Crippen molar-refractivity contribution in [3.8, 4) is 0 Å². The molecule has 4 heteroatoms. The first kappa shape index (κ1) is 17.8. The largest absolute Gasteiger partial charge is 0.358 e. The predicted molar refractivity (Wildman–Crippen MR) is 113 cm³/mol. The van der Waals surface area contributed by atoms with E-state index in [1.807, 2.05) is 59.5 Å². The average Bonchev–Trinajstić information content (AvgIpc) is 2.69. The maximum atomic E-state index is 13.4. The normalized spacial score (nSPS) is 18.7. The number of amides is 1. The average molecular weight is 421 g/mol. The van der Waals surface area contributed by atoms with Gasteiger partial charge in [-0.3, -0.25) is 4.79 Å². The number of benzene rings is 3. The third-order valence-corrected chi connectivity index (χ3v) is 5.72. The molecule has 0 saturated heterocycles. The summed E-state index contributed by atoms with van der Waals surface area (Å²) >= 11 is 3.50. The Kier molecular flexibility index (Phi) is 4.75. The molecule has 3 nitrogen and oxygen atoms in total. The fourth-order valence-corrected chi connectivity index (χ4v) is 3.93. The van der Waals surface area contributed by atoms with Gasteiger partial charge in [0.2, 0.25) is 0 Å². The standard InChI is InChI=1S/C23H21BrN2O/c1-23(18-11-13-19(24)14-12-18)25-21-10-6-5-9-20(21)22(27)26(23)16-15-17-7-3-2-4-8-17/h2-14,25H,15-16H2,1H3. The number of fused-ring (bicyclic) bond motifs is 1. The van der Waals surface area contributed by atoms with Crippen molar-refractivity contribution in [1.82, 2.24) is 4.90 Å². The summed E-state index contributed by atoms with van der Waals surface area (Å²) in [5.41, 5.74) is 3.27. The van der Waals surface area contributed by atoms with Crippen LogP contribution in [0.15, 0.2) is 83.3 Å². The van der Waals surface area contributed by atoms with Crippen molar-refractivity contribution < 1.29 is 4.79 Å². The van der Waals surface area contributed by atoms with E-state index in [9.17, 15) is 4.79 Å². The van der Waals surface area contributed by atoms with Gasteiger partial charge in [-0.2, -0.15) is 0 Å². The molecule has 0 spiro atoms. The van der Waals surface area contributed by atoms with E-state index in [1.54, 1.807) is 0 Å². The highest BCUT2D eigenvalue weighted by Gasteiger charge is 2.42. The van der Waals surface area contributed by atoms with Crippen LogP contribution in [0, 0.1) is 0 Å². The van der Waals surface area contributed by atoms with E-state index < -0.39 is 5.66 Å². The third kappa shape index (κ3) is 3.37. The number of nitrogens with zero attached hydrogens (tertiary/aromatic N) is 1. The molecule has 3 aromatic carbocycles. The molecule has 136 valence electrons. The number of rotatable bonds is 4. The molecular weight excluding hydrogens is 400 g/mol. The molecule has 1 aliphatic rings. The molecule has 1 unspecified atom stereocenters. The Morgan fingerprint density at radius 1 is 0.926 bits per heavy atom. The van der Waals surface area contributed by atoms with Gasteiger partial charge in [0, 0.05) is 16.7 Å². The monoisotopic (exact) mass is 420 g/mol. The van der Waals surface area contributed by atoms with E-state index in [4.69, 9.17) is 0 Å². The lowest BCUT2D eigenvalue weighted by atomic mass is 9.93. The summed E-state index contributed by atoms with van der Waals surface area (Å²) < 4.78 is 1.02. The van der Waals surface area contributed by atoms with E-state index in [-0.39, 0.29) is 5.91 Å². The van der Waals surface area contributed by atoms with Gasteiger partial charge in [-0.25, -0.2) is 0 Å². The first-order valence-electron chi connectivity index (χ1n) is 9.07. The number of nitrogens with one attached hydrogen (secondary N) is 1. The lowest BCUT2D eigenvalue weighted by Crippen LogP contribution is -2.56. The topological polar surface area (TPSA) is 32.3 Å². The maximum Gasteiger partial charge on any atom is 0.258 e.